The fourth-order valence-electron chi connectivity index (χ4n) is 11.3. The number of primary amides is 2. The summed E-state index contributed by atoms with van der Waals surface area (Å²) in [5, 5.41) is 21.5. The molecule has 0 radical (unpaired) electrons. The van der Waals surface area contributed by atoms with Gasteiger partial charge in [0.1, 0.15) is 54.1 Å². The lowest BCUT2D eigenvalue weighted by Crippen LogP contribution is -2.62. The van der Waals surface area contributed by atoms with Gasteiger partial charge < -0.3 is 63.2 Å². The van der Waals surface area contributed by atoms with Gasteiger partial charge in [-0.3, -0.25) is 47.9 Å². The molecule has 0 spiro atoms. The van der Waals surface area contributed by atoms with E-state index in [1.165, 1.54) is 50.9 Å². The predicted octanol–water partition coefficient (Wildman–Crippen LogP) is 0.582. The summed E-state index contributed by atoms with van der Waals surface area (Å²) in [5.74, 6) is -7.18. The van der Waals surface area contributed by atoms with Gasteiger partial charge in [0.15, 0.2) is 0 Å². The molecule has 440 valence electrons. The zero-order chi connectivity index (χ0) is 59.3. The molecule has 11 N–H and O–H groups in total. The third-order valence-electron chi connectivity index (χ3n) is 16.0. The van der Waals surface area contributed by atoms with Gasteiger partial charge in [0.05, 0.1) is 5.75 Å². The number of hydrogen-bond acceptors (Lipinski definition) is 13. The Morgan fingerprint density at radius 3 is 1.77 bits per heavy atom. The third-order valence-corrected chi connectivity index (χ3v) is 17.0. The molecule has 0 aliphatic carbocycles. The molecule has 0 saturated carbocycles. The van der Waals surface area contributed by atoms with E-state index < -0.39 is 107 Å². The van der Waals surface area contributed by atoms with Gasteiger partial charge in [0.2, 0.25) is 59.1 Å². The molecule has 4 aromatic rings. The van der Waals surface area contributed by atoms with E-state index in [1.54, 1.807) is 36.4 Å². The number of benzene rings is 4. The van der Waals surface area contributed by atoms with Crippen LogP contribution in [0.3, 0.4) is 0 Å². The first-order valence-electron chi connectivity index (χ1n) is 28.1. The summed E-state index contributed by atoms with van der Waals surface area (Å²) in [6.45, 7) is 0.562. The highest BCUT2D eigenvalue weighted by molar-refractivity contribution is 8.00. The number of nitrogens with one attached hydrogen (secondary N) is 4. The fourth-order valence-corrected chi connectivity index (χ4v) is 12.3. The molecular formula is C60H73N11O11S. The largest absolute Gasteiger partial charge is 0.508 e. The summed E-state index contributed by atoms with van der Waals surface area (Å²) < 4.78 is 0. The summed E-state index contributed by atoms with van der Waals surface area (Å²) in [7, 11) is 1.47. The average molecular weight is 1160 g/mol. The number of aromatic hydroxyl groups is 1. The van der Waals surface area contributed by atoms with E-state index in [1.807, 2.05) is 42.5 Å². The number of nitrogens with two attached hydrogens (primary N) is 3. The minimum absolute atomic E-state index is 0.0256. The SMILES string of the molecule is CN1C(=O)CSC[C@@H](C(N)=O)NC(=O)[C@H](Cc2ccc(C(N)=O)cc2)NC(=O)[C@@H]2Cc3ccccc3CN2C(=O)[C@@H]2CCCN2C(=O)[C@H](CCCCN)NC(=O)[C@H](Cc2ccc(O)cc2)NC(=O)[C@@H]2CCCN2C(=O)[C@@H]1Cc1ccccc1. The molecule has 0 unspecified atom stereocenters. The lowest BCUT2D eigenvalue weighted by molar-refractivity contribution is -0.150. The third kappa shape index (κ3) is 15.2. The number of phenolic OH excluding ortho intramolecular Hbond substituents is 1. The van der Waals surface area contributed by atoms with E-state index in [4.69, 9.17) is 17.2 Å². The zero-order valence-electron chi connectivity index (χ0n) is 46.4. The van der Waals surface area contributed by atoms with Crippen molar-refractivity contribution in [2.24, 2.45) is 17.2 Å². The minimum atomic E-state index is -1.40. The van der Waals surface area contributed by atoms with E-state index in [9.17, 15) is 43.5 Å². The molecule has 4 aromatic carbocycles. The Kier molecular flexibility index (Phi) is 20.6. The van der Waals surface area contributed by atoms with Crippen LogP contribution in [-0.2, 0) is 75.4 Å². The number of hydrogen-bond donors (Lipinski definition) is 8. The van der Waals surface area contributed by atoms with Crippen LogP contribution in [0.25, 0.3) is 0 Å². The van der Waals surface area contributed by atoms with Crippen molar-refractivity contribution < 1.29 is 53.1 Å². The molecule has 4 aliphatic heterocycles. The molecule has 4 aliphatic rings. The second-order valence-electron chi connectivity index (χ2n) is 21.6. The highest BCUT2D eigenvalue weighted by Crippen LogP contribution is 2.30. The Hall–Kier alpha value is -8.31. The van der Waals surface area contributed by atoms with Crippen molar-refractivity contribution in [1.29, 1.82) is 0 Å². The van der Waals surface area contributed by atoms with E-state index in [2.05, 4.69) is 21.3 Å². The van der Waals surface area contributed by atoms with Crippen LogP contribution < -0.4 is 38.5 Å². The second-order valence-corrected chi connectivity index (χ2v) is 22.7. The van der Waals surface area contributed by atoms with Crippen molar-refractivity contribution in [2.75, 3.05) is 38.2 Å². The molecule has 10 amide bonds. The van der Waals surface area contributed by atoms with Gasteiger partial charge in [-0.25, -0.2) is 0 Å². The molecule has 0 bridgehead atoms. The Bertz CT molecular complexity index is 3040. The maximum absolute atomic E-state index is 15.3. The summed E-state index contributed by atoms with van der Waals surface area (Å²) in [6.07, 6.45) is 2.16. The van der Waals surface area contributed by atoms with Gasteiger partial charge in [-0.05, 0) is 104 Å². The number of nitrogens with zero attached hydrogens (tertiary/aromatic N) is 4. The number of likely N-dealkylation sites (N-methyl/N-ethyl adjacent to an activating group) is 1. The normalized spacial score (nSPS) is 24.6. The van der Waals surface area contributed by atoms with Crippen molar-refractivity contribution in [3.8, 4) is 5.75 Å². The number of phenols is 1. The first kappa shape index (κ1) is 60.8. The molecule has 3 fully saturated rings. The standard InChI is InChI=1S/C60H73N11O11S/c1-68-50(31-36-11-3-2-4-12-36)60(82)69-27-9-16-47(69)56(78)65-44(30-38-20-24-42(72)25-21-38)54(76)64-43(15-7-8-26-61)58(80)70-28-10-17-48(70)59(81)71-33-41-14-6-5-13-40(41)32-49(71)57(79)66-45(29-37-18-22-39(23-19-37)52(62)74)55(77)67-46(53(63)75)34-83-35-51(68)73/h2-6,11-14,18-25,43-50,72H,7-10,15-17,26-35,61H2,1H3,(H2,62,74)(H2,63,75)(H,64,76)(H,65,78)(H,66,79)(H,67,77)/t43-,44-,45-,46-,47-,48-,49-,50-/m0/s1. The zero-order valence-corrected chi connectivity index (χ0v) is 47.2. The number of thioether (sulfide) groups is 1. The molecule has 3 saturated heterocycles. The number of carbonyl (C=O) groups is 10. The highest BCUT2D eigenvalue weighted by Gasteiger charge is 2.46. The van der Waals surface area contributed by atoms with Crippen molar-refractivity contribution in [3.63, 3.8) is 0 Å². The smallest absolute Gasteiger partial charge is 0.248 e. The van der Waals surface area contributed by atoms with Crippen molar-refractivity contribution in [2.45, 2.75) is 126 Å². The maximum atomic E-state index is 15.3. The van der Waals surface area contributed by atoms with Crippen LogP contribution in [0.5, 0.6) is 5.75 Å². The van der Waals surface area contributed by atoms with Crippen LogP contribution in [-0.4, -0.2) is 170 Å². The van der Waals surface area contributed by atoms with Crippen LogP contribution in [0, 0.1) is 0 Å². The molecule has 8 atom stereocenters. The number of unbranched alkanes of at least 4 members (excludes halogenated alkanes) is 1. The first-order chi connectivity index (χ1) is 39.9. The van der Waals surface area contributed by atoms with Crippen LogP contribution in [0.1, 0.15) is 83.1 Å². The van der Waals surface area contributed by atoms with E-state index in [-0.39, 0.29) is 87.4 Å². The van der Waals surface area contributed by atoms with Crippen molar-refractivity contribution in [3.05, 3.63) is 137 Å². The van der Waals surface area contributed by atoms with Gasteiger partial charge >= 0.3 is 0 Å². The molecular weight excluding hydrogens is 1080 g/mol. The van der Waals surface area contributed by atoms with Gasteiger partial charge in [-0.1, -0.05) is 78.9 Å². The van der Waals surface area contributed by atoms with Gasteiger partial charge in [0, 0.05) is 63.7 Å². The van der Waals surface area contributed by atoms with Crippen molar-refractivity contribution in [1.82, 2.24) is 40.9 Å². The monoisotopic (exact) mass is 1160 g/mol. The molecule has 22 nitrogen and oxygen atoms in total. The Labute approximate surface area is 486 Å². The topological polar surface area (TPSA) is 330 Å². The van der Waals surface area contributed by atoms with Crippen LogP contribution in [0.2, 0.25) is 0 Å². The maximum Gasteiger partial charge on any atom is 0.248 e. The number of amides is 10. The number of fused-ring (bicyclic) bond motifs is 4. The summed E-state index contributed by atoms with van der Waals surface area (Å²) in [6, 6.07) is 18.7. The molecule has 8 rings (SSSR count). The van der Waals surface area contributed by atoms with Gasteiger partial charge in [-0.2, -0.15) is 0 Å². The Morgan fingerprint density at radius 2 is 1.14 bits per heavy atom. The summed E-state index contributed by atoms with van der Waals surface area (Å²) in [4.78, 5) is 149. The summed E-state index contributed by atoms with van der Waals surface area (Å²) >= 11 is 0.974. The minimum Gasteiger partial charge on any atom is -0.508 e. The second kappa shape index (κ2) is 28.1. The Morgan fingerprint density at radius 1 is 0.590 bits per heavy atom. The van der Waals surface area contributed by atoms with Crippen LogP contribution >= 0.6 is 11.8 Å². The van der Waals surface area contributed by atoms with Gasteiger partial charge in [0.25, 0.3) is 0 Å². The lowest BCUT2D eigenvalue weighted by Gasteiger charge is -2.40. The first-order valence-corrected chi connectivity index (χ1v) is 29.3. The number of carbonyl (C=O) groups excluding carboxylic acids is 10. The highest BCUT2D eigenvalue weighted by atomic mass is 32.2. The van der Waals surface area contributed by atoms with Crippen LogP contribution in [0.4, 0.5) is 0 Å². The van der Waals surface area contributed by atoms with E-state index in [0.29, 0.717) is 43.4 Å². The predicted molar refractivity (Wildman–Crippen MR) is 308 cm³/mol. The van der Waals surface area contributed by atoms with E-state index >= 15 is 9.59 Å². The molecule has 4 heterocycles. The molecule has 23 heteroatoms. The van der Waals surface area contributed by atoms with Crippen molar-refractivity contribution >= 4 is 70.8 Å². The average Bonchev–Trinajstić information content (AvgIpc) is 4.36. The quantitative estimate of drug-likeness (QED) is 0.0902. The molecule has 0 aromatic heterocycles. The Balaban J connectivity index is 1.18. The number of rotatable bonds is 12. The fraction of sp³-hybridized carbons (Fsp3) is 0.433. The lowest BCUT2D eigenvalue weighted by atomic mass is 9.92. The summed E-state index contributed by atoms with van der Waals surface area (Å²) in [5.41, 5.74) is 20.8. The van der Waals surface area contributed by atoms with E-state index in [0.717, 1.165) is 28.5 Å². The van der Waals surface area contributed by atoms with Crippen LogP contribution in [0.15, 0.2) is 103 Å². The molecule has 83 heavy (non-hydrogen) atoms. The van der Waals surface area contributed by atoms with Gasteiger partial charge in [-0.15, -0.1) is 11.8 Å².